The molecule has 0 amide bonds. The molecule has 0 spiro atoms. The van der Waals surface area contributed by atoms with E-state index in [-0.39, 0.29) is 0 Å². The molecule has 3 rings (SSSR count). The summed E-state index contributed by atoms with van der Waals surface area (Å²) in [5.74, 6) is 0.707. The Morgan fingerprint density at radius 3 is 2.30 bits per heavy atom. The minimum Gasteiger partial charge on any atom is -0.271 e. The summed E-state index contributed by atoms with van der Waals surface area (Å²) in [6.45, 7) is 0.565. The summed E-state index contributed by atoms with van der Waals surface area (Å²) >= 11 is 0. The van der Waals surface area contributed by atoms with E-state index in [2.05, 4.69) is 48.0 Å². The molecule has 2 aromatic rings. The van der Waals surface area contributed by atoms with Gasteiger partial charge in [-0.15, -0.1) is 0 Å². The van der Waals surface area contributed by atoms with E-state index in [1.807, 2.05) is 24.3 Å². The molecule has 2 aromatic carbocycles. The van der Waals surface area contributed by atoms with Crippen molar-refractivity contribution in [3.63, 3.8) is 0 Å². The third-order valence-corrected chi connectivity index (χ3v) is 3.37. The zero-order chi connectivity index (χ0) is 13.6. The second-order valence-corrected chi connectivity index (χ2v) is 5.16. The normalized spacial score (nSPS) is 15.1. The van der Waals surface area contributed by atoms with Crippen molar-refractivity contribution in [1.82, 2.24) is 5.48 Å². The van der Waals surface area contributed by atoms with Crippen LogP contribution in [-0.2, 0) is 11.4 Å². The van der Waals surface area contributed by atoms with Crippen LogP contribution in [-0.4, -0.2) is 0 Å². The van der Waals surface area contributed by atoms with Gasteiger partial charge in [0.2, 0.25) is 0 Å². The van der Waals surface area contributed by atoms with Crippen molar-refractivity contribution in [2.45, 2.75) is 19.4 Å². The van der Waals surface area contributed by atoms with Gasteiger partial charge < -0.3 is 0 Å². The van der Waals surface area contributed by atoms with E-state index >= 15 is 0 Å². The number of allylic oxidation sites excluding steroid dienone is 1. The Bertz CT molecular complexity index is 558. The molecule has 1 N–H and O–H groups in total. The molecule has 0 aliphatic heterocycles. The second kappa shape index (κ2) is 6.40. The first-order chi connectivity index (χ1) is 9.92. The summed E-state index contributed by atoms with van der Waals surface area (Å²) < 4.78 is 0. The van der Waals surface area contributed by atoms with Crippen LogP contribution in [0.25, 0.3) is 5.70 Å². The summed E-state index contributed by atoms with van der Waals surface area (Å²) in [4.78, 5) is 5.65. The predicted molar refractivity (Wildman–Crippen MR) is 81.5 cm³/mol. The fourth-order valence-corrected chi connectivity index (χ4v) is 2.08. The Morgan fingerprint density at radius 2 is 1.65 bits per heavy atom. The Kier molecular flexibility index (Phi) is 4.14. The van der Waals surface area contributed by atoms with Crippen LogP contribution in [0, 0.1) is 5.92 Å². The second-order valence-electron chi connectivity index (χ2n) is 5.16. The van der Waals surface area contributed by atoms with Crippen molar-refractivity contribution in [3.8, 4) is 0 Å². The van der Waals surface area contributed by atoms with Crippen LogP contribution in [0.2, 0.25) is 0 Å². The smallest absolute Gasteiger partial charge is 0.0996 e. The molecule has 0 heterocycles. The standard InChI is InChI=1S/C18H19NO/c1-3-7-16(8-4-1)14-20-19-18(13-15-11-12-15)17-9-5-2-6-10-17/h1-10,13,15,19H,11-12,14H2. The van der Waals surface area contributed by atoms with Crippen LogP contribution in [0.5, 0.6) is 0 Å². The molecule has 1 aliphatic rings. The van der Waals surface area contributed by atoms with Crippen molar-refractivity contribution >= 4 is 5.70 Å². The summed E-state index contributed by atoms with van der Waals surface area (Å²) in [6, 6.07) is 20.5. The third kappa shape index (κ3) is 3.72. The van der Waals surface area contributed by atoms with E-state index in [0.717, 1.165) is 5.70 Å². The first kappa shape index (κ1) is 12.9. The van der Waals surface area contributed by atoms with Crippen molar-refractivity contribution in [1.29, 1.82) is 0 Å². The fourth-order valence-electron chi connectivity index (χ4n) is 2.08. The first-order valence-corrected chi connectivity index (χ1v) is 7.11. The SMILES string of the molecule is C(=C(NOCc1ccccc1)c1ccccc1)C1CC1. The fraction of sp³-hybridized carbons (Fsp3) is 0.222. The highest BCUT2D eigenvalue weighted by molar-refractivity contribution is 5.63. The highest BCUT2D eigenvalue weighted by Gasteiger charge is 2.19. The molecule has 1 fully saturated rings. The van der Waals surface area contributed by atoms with Crippen LogP contribution in [0.4, 0.5) is 0 Å². The van der Waals surface area contributed by atoms with Crippen LogP contribution >= 0.6 is 0 Å². The van der Waals surface area contributed by atoms with Crippen molar-refractivity contribution in [3.05, 3.63) is 77.9 Å². The molecule has 2 nitrogen and oxygen atoms in total. The van der Waals surface area contributed by atoms with E-state index in [0.29, 0.717) is 12.5 Å². The van der Waals surface area contributed by atoms with Crippen LogP contribution < -0.4 is 5.48 Å². The van der Waals surface area contributed by atoms with Crippen LogP contribution in [0.1, 0.15) is 24.0 Å². The van der Waals surface area contributed by atoms with Gasteiger partial charge in [0.25, 0.3) is 0 Å². The summed E-state index contributed by atoms with van der Waals surface area (Å²) in [6.07, 6.45) is 4.85. The maximum Gasteiger partial charge on any atom is 0.0996 e. The third-order valence-electron chi connectivity index (χ3n) is 3.37. The Balaban J connectivity index is 1.62. The maximum atomic E-state index is 5.65. The Labute approximate surface area is 120 Å². The molecule has 0 bridgehead atoms. The van der Waals surface area contributed by atoms with Crippen molar-refractivity contribution < 1.29 is 4.84 Å². The lowest BCUT2D eigenvalue weighted by molar-refractivity contribution is 0.0644. The number of hydrogen-bond donors (Lipinski definition) is 1. The zero-order valence-corrected chi connectivity index (χ0v) is 11.5. The minimum absolute atomic E-state index is 0.565. The zero-order valence-electron chi connectivity index (χ0n) is 11.5. The molecule has 0 unspecified atom stereocenters. The van der Waals surface area contributed by atoms with E-state index < -0.39 is 0 Å². The van der Waals surface area contributed by atoms with Crippen molar-refractivity contribution in [2.24, 2.45) is 5.92 Å². The summed E-state index contributed by atoms with van der Waals surface area (Å²) in [5.41, 5.74) is 6.53. The number of nitrogens with one attached hydrogen (secondary N) is 1. The van der Waals surface area contributed by atoms with Crippen LogP contribution in [0.3, 0.4) is 0 Å². The summed E-state index contributed by atoms with van der Waals surface area (Å²) in [5, 5.41) is 0. The topological polar surface area (TPSA) is 21.3 Å². The molecule has 20 heavy (non-hydrogen) atoms. The van der Waals surface area contributed by atoms with Gasteiger partial charge in [-0.3, -0.25) is 10.3 Å². The molecule has 1 aliphatic carbocycles. The molecule has 0 saturated heterocycles. The van der Waals surface area contributed by atoms with Gasteiger partial charge in [-0.1, -0.05) is 66.7 Å². The quantitative estimate of drug-likeness (QED) is 0.792. The number of hydroxylamine groups is 1. The lowest BCUT2D eigenvalue weighted by atomic mass is 10.1. The largest absolute Gasteiger partial charge is 0.271 e. The molecule has 0 atom stereocenters. The minimum atomic E-state index is 0.565. The highest BCUT2D eigenvalue weighted by atomic mass is 16.6. The average Bonchev–Trinajstić information content (AvgIpc) is 3.32. The Hall–Kier alpha value is -2.06. The lowest BCUT2D eigenvalue weighted by Crippen LogP contribution is -2.13. The van der Waals surface area contributed by atoms with Crippen LogP contribution in [0.15, 0.2) is 66.7 Å². The van der Waals surface area contributed by atoms with Gasteiger partial charge >= 0.3 is 0 Å². The number of benzene rings is 2. The molecule has 0 aromatic heterocycles. The molecular weight excluding hydrogens is 246 g/mol. The van der Waals surface area contributed by atoms with Crippen molar-refractivity contribution in [2.75, 3.05) is 0 Å². The maximum absolute atomic E-state index is 5.65. The number of rotatable bonds is 6. The average molecular weight is 265 g/mol. The van der Waals surface area contributed by atoms with E-state index in [1.165, 1.54) is 24.0 Å². The van der Waals surface area contributed by atoms with E-state index in [4.69, 9.17) is 4.84 Å². The van der Waals surface area contributed by atoms with Gasteiger partial charge in [-0.25, -0.2) is 0 Å². The van der Waals surface area contributed by atoms with Gasteiger partial charge in [-0.2, -0.15) is 0 Å². The van der Waals surface area contributed by atoms with E-state index in [1.54, 1.807) is 0 Å². The highest BCUT2D eigenvalue weighted by Crippen LogP contribution is 2.32. The predicted octanol–water partition coefficient (Wildman–Crippen LogP) is 4.16. The van der Waals surface area contributed by atoms with Gasteiger partial charge in [0.15, 0.2) is 0 Å². The molecule has 1 saturated carbocycles. The lowest BCUT2D eigenvalue weighted by Gasteiger charge is -2.11. The first-order valence-electron chi connectivity index (χ1n) is 7.11. The molecular formula is C18H19NO. The van der Waals surface area contributed by atoms with Gasteiger partial charge in [0, 0.05) is 0 Å². The van der Waals surface area contributed by atoms with Gasteiger partial charge in [0.1, 0.15) is 0 Å². The van der Waals surface area contributed by atoms with Gasteiger partial charge in [-0.05, 0) is 29.9 Å². The Morgan fingerprint density at radius 1 is 1.00 bits per heavy atom. The van der Waals surface area contributed by atoms with E-state index in [9.17, 15) is 0 Å². The molecule has 2 heteroatoms. The molecule has 0 radical (unpaired) electrons. The monoisotopic (exact) mass is 265 g/mol. The summed E-state index contributed by atoms with van der Waals surface area (Å²) in [7, 11) is 0. The molecule has 102 valence electrons. The number of hydrogen-bond acceptors (Lipinski definition) is 2. The van der Waals surface area contributed by atoms with Gasteiger partial charge in [0.05, 0.1) is 12.3 Å².